The summed E-state index contributed by atoms with van der Waals surface area (Å²) in [6.07, 6.45) is 14.1. The van der Waals surface area contributed by atoms with Gasteiger partial charge in [0, 0.05) is 47.0 Å². The Balaban J connectivity index is 1.72. The van der Waals surface area contributed by atoms with Crippen LogP contribution in [0.15, 0.2) is 66.0 Å². The topological polar surface area (TPSA) is 47.8 Å². The second kappa shape index (κ2) is 7.19. The third-order valence-corrected chi connectivity index (χ3v) is 5.97. The van der Waals surface area contributed by atoms with Crippen molar-refractivity contribution in [3.05, 3.63) is 82.7 Å². The molecule has 0 unspecified atom stereocenters. The van der Waals surface area contributed by atoms with Gasteiger partial charge in [0.15, 0.2) is 0 Å². The Morgan fingerprint density at radius 3 is 2.64 bits per heavy atom. The van der Waals surface area contributed by atoms with Gasteiger partial charge >= 0.3 is 0 Å². The summed E-state index contributed by atoms with van der Waals surface area (Å²) in [7, 11) is 0. The fraction of sp³-hybridized carbons (Fsp3) is 0.292. The number of rotatable bonds is 3. The zero-order valence-corrected chi connectivity index (χ0v) is 15.8. The molecule has 1 saturated carbocycles. The molecule has 3 heterocycles. The summed E-state index contributed by atoms with van der Waals surface area (Å²) in [6, 6.07) is 12.6. The zero-order chi connectivity index (χ0) is 18.9. The molecule has 3 aromatic heterocycles. The minimum Gasteiger partial charge on any atom is -0.312 e. The molecule has 0 N–H and O–H groups in total. The molecule has 1 aromatic carbocycles. The number of benzene rings is 1. The maximum atomic E-state index is 13.4. The first kappa shape index (κ1) is 17.1. The molecule has 4 nitrogen and oxygen atoms in total. The minimum absolute atomic E-state index is 0.115. The van der Waals surface area contributed by atoms with E-state index < -0.39 is 0 Å². The van der Waals surface area contributed by atoms with Gasteiger partial charge in [-0.05, 0) is 54.7 Å². The van der Waals surface area contributed by atoms with Gasteiger partial charge in [-0.3, -0.25) is 14.8 Å². The fourth-order valence-corrected chi connectivity index (χ4v) is 4.56. The van der Waals surface area contributed by atoms with Crippen molar-refractivity contribution in [3.8, 4) is 0 Å². The lowest BCUT2D eigenvalue weighted by molar-refractivity contribution is 0.347. The van der Waals surface area contributed by atoms with Gasteiger partial charge in [-0.25, -0.2) is 0 Å². The normalized spacial score (nSPS) is 15.3. The van der Waals surface area contributed by atoms with E-state index in [1.807, 2.05) is 35.3 Å². The van der Waals surface area contributed by atoms with Crippen LogP contribution in [0.3, 0.4) is 0 Å². The van der Waals surface area contributed by atoms with Crippen molar-refractivity contribution in [2.75, 3.05) is 0 Å². The first-order chi connectivity index (χ1) is 13.8. The van der Waals surface area contributed by atoms with Crippen LogP contribution in [-0.4, -0.2) is 14.5 Å². The van der Waals surface area contributed by atoms with Crippen LogP contribution < -0.4 is 5.56 Å². The van der Waals surface area contributed by atoms with E-state index in [2.05, 4.69) is 34.2 Å². The third-order valence-electron chi connectivity index (χ3n) is 5.97. The molecule has 0 radical (unpaired) electrons. The number of aromatic nitrogens is 3. The molecular formula is C24H23N3O. The van der Waals surface area contributed by atoms with Gasteiger partial charge in [-0.1, -0.05) is 31.4 Å². The maximum absolute atomic E-state index is 13.4. The lowest BCUT2D eigenvalue weighted by Gasteiger charge is -2.24. The highest BCUT2D eigenvalue weighted by Gasteiger charge is 2.18. The van der Waals surface area contributed by atoms with Crippen LogP contribution in [0, 0.1) is 0 Å². The lowest BCUT2D eigenvalue weighted by Crippen LogP contribution is -2.26. The summed E-state index contributed by atoms with van der Waals surface area (Å²) < 4.78 is 1.96. The average molecular weight is 369 g/mol. The van der Waals surface area contributed by atoms with Gasteiger partial charge < -0.3 is 4.57 Å². The van der Waals surface area contributed by atoms with Crippen LogP contribution in [-0.2, 0) is 6.42 Å². The Morgan fingerprint density at radius 1 is 0.964 bits per heavy atom. The monoisotopic (exact) mass is 369 g/mol. The van der Waals surface area contributed by atoms with Gasteiger partial charge in [0.2, 0.25) is 0 Å². The number of nitrogens with zero attached hydrogens (tertiary/aromatic N) is 3. The highest BCUT2D eigenvalue weighted by atomic mass is 16.1. The Kier molecular flexibility index (Phi) is 4.40. The van der Waals surface area contributed by atoms with E-state index in [9.17, 15) is 4.79 Å². The van der Waals surface area contributed by atoms with Gasteiger partial charge in [-0.15, -0.1) is 0 Å². The summed E-state index contributed by atoms with van der Waals surface area (Å²) in [5, 5.41) is 2.83. The Labute approximate surface area is 163 Å². The van der Waals surface area contributed by atoms with Crippen molar-refractivity contribution in [1.29, 1.82) is 0 Å². The quantitative estimate of drug-likeness (QED) is 0.475. The Bertz CT molecular complexity index is 1190. The number of hydrogen-bond donors (Lipinski definition) is 0. The zero-order valence-electron chi connectivity index (χ0n) is 15.8. The molecule has 1 fully saturated rings. The first-order valence-corrected chi connectivity index (χ1v) is 10.1. The van der Waals surface area contributed by atoms with Crippen LogP contribution in [0.2, 0.25) is 0 Å². The smallest absolute Gasteiger partial charge is 0.258 e. The van der Waals surface area contributed by atoms with E-state index in [4.69, 9.17) is 0 Å². The standard InChI is InChI=1S/C24H23N3O/c28-24-22-15-18(14-17-6-4-11-25-16-17)20-9-5-12-26-23(20)21(22)10-13-27(24)19-7-2-1-3-8-19/h4-6,9-13,15-16,19H,1-3,7-8,14H2. The summed E-state index contributed by atoms with van der Waals surface area (Å²) in [4.78, 5) is 22.3. The van der Waals surface area contributed by atoms with Crippen molar-refractivity contribution >= 4 is 21.7 Å². The van der Waals surface area contributed by atoms with Crippen molar-refractivity contribution in [2.24, 2.45) is 0 Å². The molecule has 4 aromatic rings. The van der Waals surface area contributed by atoms with Crippen molar-refractivity contribution < 1.29 is 0 Å². The molecule has 0 atom stereocenters. The summed E-state index contributed by atoms with van der Waals surface area (Å²) in [5.41, 5.74) is 3.29. The average Bonchev–Trinajstić information content (AvgIpc) is 2.76. The molecule has 5 rings (SSSR count). The Morgan fingerprint density at radius 2 is 1.82 bits per heavy atom. The van der Waals surface area contributed by atoms with E-state index in [1.165, 1.54) is 19.3 Å². The largest absolute Gasteiger partial charge is 0.312 e. The molecule has 4 heteroatoms. The summed E-state index contributed by atoms with van der Waals surface area (Å²) in [6.45, 7) is 0. The Hall–Kier alpha value is -3.01. The van der Waals surface area contributed by atoms with Crippen LogP contribution in [0.4, 0.5) is 0 Å². The minimum atomic E-state index is 0.115. The van der Waals surface area contributed by atoms with Crippen LogP contribution >= 0.6 is 0 Å². The van der Waals surface area contributed by atoms with E-state index >= 15 is 0 Å². The number of hydrogen-bond acceptors (Lipinski definition) is 3. The SMILES string of the molecule is O=c1c2cc(Cc3cccnc3)c3cccnc3c2ccn1C1CCCCC1. The van der Waals surface area contributed by atoms with Gasteiger partial charge in [-0.2, -0.15) is 0 Å². The molecule has 0 aliphatic heterocycles. The molecule has 0 bridgehead atoms. The van der Waals surface area contributed by atoms with Gasteiger partial charge in [0.05, 0.1) is 5.52 Å². The first-order valence-electron chi connectivity index (χ1n) is 10.1. The van der Waals surface area contributed by atoms with Crippen LogP contribution in [0.5, 0.6) is 0 Å². The molecule has 0 amide bonds. The number of pyridine rings is 3. The van der Waals surface area contributed by atoms with Crippen molar-refractivity contribution in [2.45, 2.75) is 44.6 Å². The highest BCUT2D eigenvalue weighted by Crippen LogP contribution is 2.30. The second-order valence-corrected chi connectivity index (χ2v) is 7.75. The molecule has 0 spiro atoms. The summed E-state index contributed by atoms with van der Waals surface area (Å²) in [5.74, 6) is 0. The molecule has 1 aliphatic rings. The van der Waals surface area contributed by atoms with E-state index in [-0.39, 0.29) is 5.56 Å². The predicted molar refractivity (Wildman–Crippen MR) is 113 cm³/mol. The number of fused-ring (bicyclic) bond motifs is 3. The van der Waals surface area contributed by atoms with E-state index in [1.54, 1.807) is 6.20 Å². The van der Waals surface area contributed by atoms with Crippen LogP contribution in [0.25, 0.3) is 21.7 Å². The van der Waals surface area contributed by atoms with Gasteiger partial charge in [0.25, 0.3) is 5.56 Å². The van der Waals surface area contributed by atoms with Crippen molar-refractivity contribution in [3.63, 3.8) is 0 Å². The molecule has 140 valence electrons. The van der Waals surface area contributed by atoms with Crippen molar-refractivity contribution in [1.82, 2.24) is 14.5 Å². The second-order valence-electron chi connectivity index (χ2n) is 7.75. The third kappa shape index (κ3) is 2.99. The summed E-state index contributed by atoms with van der Waals surface area (Å²) >= 11 is 0. The molecule has 28 heavy (non-hydrogen) atoms. The molecule has 0 saturated heterocycles. The fourth-order valence-electron chi connectivity index (χ4n) is 4.56. The molecular weight excluding hydrogens is 346 g/mol. The van der Waals surface area contributed by atoms with E-state index in [0.717, 1.165) is 52.1 Å². The van der Waals surface area contributed by atoms with Gasteiger partial charge in [0.1, 0.15) is 0 Å². The predicted octanol–water partition coefficient (Wildman–Crippen LogP) is 5.04. The van der Waals surface area contributed by atoms with Crippen LogP contribution in [0.1, 0.15) is 49.3 Å². The lowest BCUT2D eigenvalue weighted by atomic mass is 9.94. The highest BCUT2D eigenvalue weighted by molar-refractivity contribution is 6.06. The molecule has 1 aliphatic carbocycles. The maximum Gasteiger partial charge on any atom is 0.258 e. The van der Waals surface area contributed by atoms with E-state index in [0.29, 0.717) is 6.04 Å².